The van der Waals surface area contributed by atoms with Gasteiger partial charge in [0, 0.05) is 61.5 Å². The van der Waals surface area contributed by atoms with Crippen molar-refractivity contribution in [2.24, 2.45) is 27.6 Å². The zero-order valence-electron chi connectivity index (χ0n) is 40.2. The molecule has 0 aromatic heterocycles. The van der Waals surface area contributed by atoms with E-state index in [0.29, 0.717) is 83.7 Å². The van der Waals surface area contributed by atoms with Gasteiger partial charge in [-0.05, 0) is 88.1 Å². The summed E-state index contributed by atoms with van der Waals surface area (Å²) in [6, 6.07) is 12.9. The van der Waals surface area contributed by atoms with Crippen LogP contribution in [0, 0.1) is 11.8 Å². The highest BCUT2D eigenvalue weighted by Crippen LogP contribution is 2.40. The minimum absolute atomic E-state index is 0.00462. The number of methoxy groups -OCH3 is 1. The van der Waals surface area contributed by atoms with Gasteiger partial charge in [-0.15, -0.1) is 0 Å². The predicted octanol–water partition coefficient (Wildman–Crippen LogP) is 8.20. The molecule has 3 aromatic rings. The Bertz CT molecular complexity index is 2530. The fraction of sp³-hybridized carbons (Fsp3) is 0.442. The number of nitrogens with one attached hydrogen (secondary N) is 2. The zero-order chi connectivity index (χ0) is 49.2. The van der Waals surface area contributed by atoms with Crippen molar-refractivity contribution in [2.45, 2.75) is 104 Å². The second-order valence-corrected chi connectivity index (χ2v) is 18.3. The Balaban J connectivity index is 0.867. The van der Waals surface area contributed by atoms with Crippen LogP contribution in [0.15, 0.2) is 82.1 Å². The van der Waals surface area contributed by atoms with Gasteiger partial charge in [0.05, 0.1) is 67.6 Å². The molecule has 7 rings (SSSR count). The Morgan fingerprint density at radius 3 is 1.81 bits per heavy atom. The SMILES string of the molecule is COc1cc2c(cc1OCCCCCOc1cc3c(cc1OCCCNC(=O)OCc1ccc(NC(=O)[C@H](C)CC(=O)[C@@H](N)C(C)C)cc1)C(=O)N1C=C(C)C[C@H]1C=N3)N=C[C@@H]1CC(C)=CN1C2=O. The van der Waals surface area contributed by atoms with E-state index in [2.05, 4.69) is 20.6 Å². The lowest BCUT2D eigenvalue weighted by atomic mass is 9.93. The standard InChI is InChI=1S/C52H63N7O10/c1-31(2)48(53)43(60)21-34(5)49(61)57-36-13-11-35(12-14-36)30-69-52(64)54-15-10-18-68-45-23-40-42(56-27-38-20-33(4)29-59(38)51(40)63)25-47(45)67-17-9-7-8-16-66-46-24-41-39(22-44(46)65-6)50(62)58-28-32(3)19-37(58)26-55-41/h11-14,22-29,31,34,37-38,48H,7-10,15-21,30,53H2,1-6H3,(H,54,64)(H,57,61)/t34-,37+,38+,48+/m1/s1. The van der Waals surface area contributed by atoms with Crippen molar-refractivity contribution in [3.05, 3.63) is 88.8 Å². The Morgan fingerprint density at radius 1 is 0.739 bits per heavy atom. The molecule has 0 bridgehead atoms. The summed E-state index contributed by atoms with van der Waals surface area (Å²) >= 11 is 0. The third-order valence-corrected chi connectivity index (χ3v) is 12.3. The molecule has 0 saturated heterocycles. The van der Waals surface area contributed by atoms with Crippen LogP contribution in [-0.4, -0.2) is 103 Å². The van der Waals surface area contributed by atoms with Crippen molar-refractivity contribution >= 4 is 59.1 Å². The molecule has 69 heavy (non-hydrogen) atoms. The number of Topliss-reactive ketones (excluding diaryl/α,β-unsaturated/α-hetero) is 1. The van der Waals surface area contributed by atoms with Crippen LogP contribution in [0.2, 0.25) is 0 Å². The number of alkyl carbamates (subject to hydrolysis) is 1. The molecule has 4 aliphatic heterocycles. The Hall–Kier alpha value is -7.01. The predicted molar refractivity (Wildman–Crippen MR) is 262 cm³/mol. The highest BCUT2D eigenvalue weighted by atomic mass is 16.5. The molecule has 4 N–H and O–H groups in total. The lowest BCUT2D eigenvalue weighted by molar-refractivity contribution is -0.127. The van der Waals surface area contributed by atoms with Crippen LogP contribution in [0.4, 0.5) is 21.9 Å². The minimum atomic E-state index is -0.604. The molecule has 17 heteroatoms. The average Bonchev–Trinajstić information content (AvgIpc) is 3.85. The van der Waals surface area contributed by atoms with E-state index in [4.69, 9.17) is 29.4 Å². The molecule has 0 radical (unpaired) electrons. The van der Waals surface area contributed by atoms with Crippen molar-refractivity contribution in [1.29, 1.82) is 0 Å². The molecule has 17 nitrogen and oxygen atoms in total. The highest BCUT2D eigenvalue weighted by Gasteiger charge is 2.34. The first-order chi connectivity index (χ1) is 33.2. The number of hydrogen-bond donors (Lipinski definition) is 3. The minimum Gasteiger partial charge on any atom is -0.493 e. The Morgan fingerprint density at radius 2 is 1.26 bits per heavy atom. The summed E-state index contributed by atoms with van der Waals surface area (Å²) in [5.74, 6) is 0.557. The molecule has 0 fully saturated rings. The van der Waals surface area contributed by atoms with Crippen molar-refractivity contribution in [1.82, 2.24) is 15.1 Å². The number of rotatable bonds is 22. The van der Waals surface area contributed by atoms with Crippen LogP contribution in [-0.2, 0) is 20.9 Å². The second-order valence-electron chi connectivity index (χ2n) is 18.3. The third kappa shape index (κ3) is 12.6. The van der Waals surface area contributed by atoms with Gasteiger partial charge in [0.15, 0.2) is 28.8 Å². The zero-order valence-corrected chi connectivity index (χ0v) is 40.2. The van der Waals surface area contributed by atoms with Crippen molar-refractivity contribution < 1.29 is 47.7 Å². The lowest BCUT2D eigenvalue weighted by Gasteiger charge is -2.19. The van der Waals surface area contributed by atoms with Gasteiger partial charge < -0.3 is 49.9 Å². The number of benzene rings is 3. The number of ether oxygens (including phenoxy) is 5. The number of aliphatic imine (C=N–C) groups is 2. The molecule has 4 amide bonds. The third-order valence-electron chi connectivity index (χ3n) is 12.3. The summed E-state index contributed by atoms with van der Waals surface area (Å²) < 4.78 is 29.6. The summed E-state index contributed by atoms with van der Waals surface area (Å²) in [4.78, 5) is 77.4. The maximum atomic E-state index is 13.7. The van der Waals surface area contributed by atoms with E-state index in [1.165, 1.54) is 0 Å². The average molecular weight is 946 g/mol. The number of hydrogen-bond acceptors (Lipinski definition) is 13. The molecule has 0 saturated carbocycles. The van der Waals surface area contributed by atoms with E-state index in [1.54, 1.807) is 78.6 Å². The number of amides is 4. The Labute approximate surface area is 403 Å². The van der Waals surface area contributed by atoms with Crippen LogP contribution in [0.3, 0.4) is 0 Å². The molecule has 0 spiro atoms. The highest BCUT2D eigenvalue weighted by molar-refractivity contribution is 6.05. The molecule has 4 aliphatic rings. The maximum absolute atomic E-state index is 13.7. The van der Waals surface area contributed by atoms with Gasteiger partial charge in [0.2, 0.25) is 5.91 Å². The van der Waals surface area contributed by atoms with E-state index in [1.807, 2.05) is 46.3 Å². The normalized spacial score (nSPS) is 17.6. The van der Waals surface area contributed by atoms with Gasteiger partial charge in [-0.2, -0.15) is 0 Å². The molecule has 3 aromatic carbocycles. The van der Waals surface area contributed by atoms with Gasteiger partial charge >= 0.3 is 6.09 Å². The monoisotopic (exact) mass is 945 g/mol. The molecule has 4 heterocycles. The molecule has 0 unspecified atom stereocenters. The number of ketones is 1. The number of nitrogens with zero attached hydrogens (tertiary/aromatic N) is 4. The van der Waals surface area contributed by atoms with Crippen molar-refractivity contribution in [3.8, 4) is 23.0 Å². The maximum Gasteiger partial charge on any atom is 0.407 e. The van der Waals surface area contributed by atoms with Crippen LogP contribution in [0.5, 0.6) is 23.0 Å². The van der Waals surface area contributed by atoms with Gasteiger partial charge in [-0.1, -0.05) is 44.1 Å². The largest absolute Gasteiger partial charge is 0.493 e. The second kappa shape index (κ2) is 22.9. The van der Waals surface area contributed by atoms with Gasteiger partial charge in [-0.3, -0.25) is 29.2 Å². The summed E-state index contributed by atoms with van der Waals surface area (Å²) in [6.45, 7) is 10.7. The van der Waals surface area contributed by atoms with E-state index in [9.17, 15) is 24.0 Å². The number of anilines is 1. The number of unbranched alkanes of at least 4 members (excludes halogenated alkanes) is 2. The van der Waals surface area contributed by atoms with Gasteiger partial charge in [0.25, 0.3) is 11.8 Å². The fourth-order valence-corrected chi connectivity index (χ4v) is 8.30. The molecule has 366 valence electrons. The lowest BCUT2D eigenvalue weighted by Crippen LogP contribution is -2.37. The van der Waals surface area contributed by atoms with Crippen molar-refractivity contribution in [3.63, 3.8) is 0 Å². The quantitative estimate of drug-likeness (QED) is 0.0817. The summed E-state index contributed by atoms with van der Waals surface area (Å²) in [5, 5.41) is 5.55. The number of carbonyl (C=O) groups is 5. The number of carbonyl (C=O) groups excluding carboxylic acids is 5. The first-order valence-corrected chi connectivity index (χ1v) is 23.6. The van der Waals surface area contributed by atoms with Crippen LogP contribution in [0.1, 0.15) is 106 Å². The molecular weight excluding hydrogens is 883 g/mol. The summed E-state index contributed by atoms with van der Waals surface area (Å²) in [7, 11) is 1.55. The smallest absolute Gasteiger partial charge is 0.407 e. The first kappa shape index (κ1) is 49.9. The van der Waals surface area contributed by atoms with Crippen LogP contribution < -0.4 is 35.3 Å². The van der Waals surface area contributed by atoms with E-state index < -0.39 is 18.1 Å². The van der Waals surface area contributed by atoms with E-state index in [0.717, 1.165) is 36.0 Å². The number of fused-ring (bicyclic) bond motifs is 4. The van der Waals surface area contributed by atoms with Gasteiger partial charge in [0.1, 0.15) is 6.61 Å². The topological polar surface area (TPSA) is 213 Å². The molecule has 4 atom stereocenters. The molecule has 0 aliphatic carbocycles. The van der Waals surface area contributed by atoms with Crippen LogP contribution >= 0.6 is 0 Å². The fourth-order valence-electron chi connectivity index (χ4n) is 8.30. The summed E-state index contributed by atoms with van der Waals surface area (Å²) in [6.07, 6.45) is 10.9. The van der Waals surface area contributed by atoms with Gasteiger partial charge in [-0.25, -0.2) is 4.79 Å². The first-order valence-electron chi connectivity index (χ1n) is 23.6. The van der Waals surface area contributed by atoms with E-state index >= 15 is 0 Å². The number of nitrogens with two attached hydrogens (primary N) is 1. The van der Waals surface area contributed by atoms with Crippen molar-refractivity contribution in [2.75, 3.05) is 38.8 Å². The summed E-state index contributed by atoms with van der Waals surface area (Å²) in [5.41, 5.74) is 11.4. The van der Waals surface area contributed by atoms with E-state index in [-0.39, 0.29) is 67.7 Å². The van der Waals surface area contributed by atoms with Crippen LogP contribution in [0.25, 0.3) is 0 Å². The molecular formula is C52H63N7O10. The Kier molecular flexibility index (Phi) is 16.5.